The molecule has 0 spiro atoms. The third-order valence-electron chi connectivity index (χ3n) is 4.29. The number of aryl methyl sites for hydroxylation is 2. The summed E-state index contributed by atoms with van der Waals surface area (Å²) in [7, 11) is 2.18. The molecule has 1 aromatic heterocycles. The van der Waals surface area contributed by atoms with Crippen LogP contribution in [-0.4, -0.2) is 22.1 Å². The summed E-state index contributed by atoms with van der Waals surface area (Å²) >= 11 is 2.09. The number of para-hydroxylation sites is 1. The molecule has 1 saturated heterocycles. The number of nitrogens with zero attached hydrogens (tertiary/aromatic N) is 1. The largest absolute Gasteiger partial charge is 0.346 e. The fraction of sp³-hybridized carbons (Fsp3) is 0.500. The fourth-order valence-corrected chi connectivity index (χ4v) is 4.14. The van der Waals surface area contributed by atoms with Crippen LogP contribution in [0, 0.1) is 6.92 Å². The van der Waals surface area contributed by atoms with Crippen molar-refractivity contribution >= 4 is 22.7 Å². The SMILES string of the molecule is Cc1c(CNC2CCSCC2)n(C)c2ccccc12. The van der Waals surface area contributed by atoms with E-state index < -0.39 is 0 Å². The molecule has 3 heteroatoms. The lowest BCUT2D eigenvalue weighted by Gasteiger charge is -2.23. The average Bonchev–Trinajstić information content (AvgIpc) is 2.71. The number of hydrogen-bond acceptors (Lipinski definition) is 2. The maximum absolute atomic E-state index is 3.75. The Labute approximate surface area is 119 Å². The van der Waals surface area contributed by atoms with Crippen LogP contribution in [0.1, 0.15) is 24.1 Å². The molecule has 0 aliphatic carbocycles. The van der Waals surface area contributed by atoms with Crippen molar-refractivity contribution in [1.29, 1.82) is 0 Å². The molecule has 1 aliphatic rings. The van der Waals surface area contributed by atoms with Gasteiger partial charge in [-0.2, -0.15) is 11.8 Å². The first-order valence-electron chi connectivity index (χ1n) is 7.11. The summed E-state index contributed by atoms with van der Waals surface area (Å²) in [4.78, 5) is 0. The van der Waals surface area contributed by atoms with E-state index in [0.717, 1.165) is 6.54 Å². The number of rotatable bonds is 3. The molecule has 0 saturated carbocycles. The van der Waals surface area contributed by atoms with E-state index in [0.29, 0.717) is 6.04 Å². The minimum Gasteiger partial charge on any atom is -0.346 e. The summed E-state index contributed by atoms with van der Waals surface area (Å²) in [5.41, 5.74) is 4.20. The van der Waals surface area contributed by atoms with Gasteiger partial charge in [0.1, 0.15) is 0 Å². The van der Waals surface area contributed by atoms with Gasteiger partial charge in [-0.15, -0.1) is 0 Å². The van der Waals surface area contributed by atoms with Gasteiger partial charge >= 0.3 is 0 Å². The molecule has 2 nitrogen and oxygen atoms in total. The second-order valence-electron chi connectivity index (χ2n) is 5.42. The minimum atomic E-state index is 0.707. The molecule has 0 bridgehead atoms. The van der Waals surface area contributed by atoms with Crippen LogP contribution in [0.15, 0.2) is 24.3 Å². The Kier molecular flexibility index (Phi) is 3.85. The molecule has 102 valence electrons. The molecule has 1 fully saturated rings. The molecule has 3 rings (SSSR count). The molecule has 1 N–H and O–H groups in total. The number of aromatic nitrogens is 1. The predicted octanol–water partition coefficient (Wildman–Crippen LogP) is 3.47. The summed E-state index contributed by atoms with van der Waals surface area (Å²) < 4.78 is 2.34. The lowest BCUT2D eigenvalue weighted by Crippen LogP contribution is -2.32. The van der Waals surface area contributed by atoms with Gasteiger partial charge in [-0.25, -0.2) is 0 Å². The van der Waals surface area contributed by atoms with Gasteiger partial charge in [-0.1, -0.05) is 18.2 Å². The molecule has 0 unspecified atom stereocenters. The number of thioether (sulfide) groups is 1. The Morgan fingerprint density at radius 1 is 1.26 bits per heavy atom. The van der Waals surface area contributed by atoms with Gasteiger partial charge in [0.25, 0.3) is 0 Å². The Bertz CT molecular complexity index is 528. The standard InChI is InChI=1S/C16H22N2S/c1-12-14-5-3-4-6-15(14)18(2)16(12)11-17-13-7-9-19-10-8-13/h3-6,13,17H,7-11H2,1-2H3. The maximum atomic E-state index is 3.75. The van der Waals surface area contributed by atoms with Crippen LogP contribution in [0.5, 0.6) is 0 Å². The zero-order valence-electron chi connectivity index (χ0n) is 11.8. The van der Waals surface area contributed by atoms with E-state index in [2.05, 4.69) is 59.9 Å². The predicted molar refractivity (Wildman–Crippen MR) is 84.8 cm³/mol. The van der Waals surface area contributed by atoms with E-state index in [4.69, 9.17) is 0 Å². The molecule has 2 heterocycles. The first kappa shape index (κ1) is 13.1. The maximum Gasteiger partial charge on any atom is 0.0483 e. The van der Waals surface area contributed by atoms with E-state index in [1.165, 1.54) is 46.5 Å². The zero-order valence-corrected chi connectivity index (χ0v) is 12.6. The van der Waals surface area contributed by atoms with Crippen LogP contribution in [0.2, 0.25) is 0 Å². The number of benzene rings is 1. The van der Waals surface area contributed by atoms with Crippen molar-refractivity contribution in [3.8, 4) is 0 Å². The van der Waals surface area contributed by atoms with Gasteiger partial charge in [0, 0.05) is 36.2 Å². The number of fused-ring (bicyclic) bond motifs is 1. The van der Waals surface area contributed by atoms with Gasteiger partial charge in [0.05, 0.1) is 0 Å². The zero-order chi connectivity index (χ0) is 13.2. The quantitative estimate of drug-likeness (QED) is 0.923. The monoisotopic (exact) mass is 274 g/mol. The summed E-state index contributed by atoms with van der Waals surface area (Å²) in [6.45, 7) is 3.24. The summed E-state index contributed by atoms with van der Waals surface area (Å²) in [5, 5.41) is 5.14. The first-order valence-corrected chi connectivity index (χ1v) is 8.27. The molecule has 1 aliphatic heterocycles. The second kappa shape index (κ2) is 5.59. The fourth-order valence-electron chi connectivity index (χ4n) is 3.03. The lowest BCUT2D eigenvalue weighted by molar-refractivity contribution is 0.474. The highest BCUT2D eigenvalue weighted by atomic mass is 32.2. The Hall–Kier alpha value is -0.930. The Morgan fingerprint density at radius 3 is 2.74 bits per heavy atom. The molecule has 1 aromatic carbocycles. The van der Waals surface area contributed by atoms with Gasteiger partial charge in [-0.05, 0) is 42.9 Å². The number of nitrogens with one attached hydrogen (secondary N) is 1. The van der Waals surface area contributed by atoms with Crippen LogP contribution < -0.4 is 5.32 Å². The van der Waals surface area contributed by atoms with Gasteiger partial charge in [-0.3, -0.25) is 0 Å². The smallest absolute Gasteiger partial charge is 0.0483 e. The Morgan fingerprint density at radius 2 is 2.00 bits per heavy atom. The summed E-state index contributed by atoms with van der Waals surface area (Å²) in [5.74, 6) is 2.62. The molecule has 0 atom stereocenters. The van der Waals surface area contributed by atoms with E-state index in [1.54, 1.807) is 0 Å². The number of hydrogen-bond donors (Lipinski definition) is 1. The van der Waals surface area contributed by atoms with Crippen LogP contribution in [0.4, 0.5) is 0 Å². The van der Waals surface area contributed by atoms with Crippen molar-refractivity contribution in [2.75, 3.05) is 11.5 Å². The highest BCUT2D eigenvalue weighted by molar-refractivity contribution is 7.99. The molecular weight excluding hydrogens is 252 g/mol. The van der Waals surface area contributed by atoms with Crippen molar-refractivity contribution in [2.45, 2.75) is 32.4 Å². The van der Waals surface area contributed by atoms with Crippen molar-refractivity contribution in [3.63, 3.8) is 0 Å². The summed E-state index contributed by atoms with van der Waals surface area (Å²) in [6, 6.07) is 9.40. The van der Waals surface area contributed by atoms with E-state index in [1.807, 2.05) is 0 Å². The average molecular weight is 274 g/mol. The van der Waals surface area contributed by atoms with E-state index in [9.17, 15) is 0 Å². The highest BCUT2D eigenvalue weighted by Gasteiger charge is 2.15. The van der Waals surface area contributed by atoms with Gasteiger partial charge in [0.2, 0.25) is 0 Å². The van der Waals surface area contributed by atoms with Gasteiger partial charge in [0.15, 0.2) is 0 Å². The normalized spacial score (nSPS) is 17.2. The lowest BCUT2D eigenvalue weighted by atomic mass is 10.1. The summed E-state index contributed by atoms with van der Waals surface area (Å²) in [6.07, 6.45) is 2.63. The third kappa shape index (κ3) is 2.54. The van der Waals surface area contributed by atoms with Crippen molar-refractivity contribution in [3.05, 3.63) is 35.5 Å². The van der Waals surface area contributed by atoms with E-state index in [-0.39, 0.29) is 0 Å². The molecular formula is C16H22N2S. The molecule has 0 amide bonds. The third-order valence-corrected chi connectivity index (χ3v) is 5.34. The van der Waals surface area contributed by atoms with Crippen molar-refractivity contribution in [2.24, 2.45) is 7.05 Å². The van der Waals surface area contributed by atoms with E-state index >= 15 is 0 Å². The van der Waals surface area contributed by atoms with Crippen molar-refractivity contribution in [1.82, 2.24) is 9.88 Å². The van der Waals surface area contributed by atoms with Gasteiger partial charge < -0.3 is 9.88 Å². The first-order chi connectivity index (χ1) is 9.27. The second-order valence-corrected chi connectivity index (χ2v) is 6.64. The van der Waals surface area contributed by atoms with Crippen molar-refractivity contribution < 1.29 is 0 Å². The Balaban J connectivity index is 1.80. The van der Waals surface area contributed by atoms with Crippen LogP contribution in [0.3, 0.4) is 0 Å². The molecule has 2 aromatic rings. The van der Waals surface area contributed by atoms with Crippen LogP contribution >= 0.6 is 11.8 Å². The molecule has 19 heavy (non-hydrogen) atoms. The topological polar surface area (TPSA) is 17.0 Å². The molecule has 0 radical (unpaired) electrons. The minimum absolute atomic E-state index is 0.707. The van der Waals surface area contributed by atoms with Crippen LogP contribution in [0.25, 0.3) is 10.9 Å². The highest BCUT2D eigenvalue weighted by Crippen LogP contribution is 2.25. The van der Waals surface area contributed by atoms with Crippen LogP contribution in [-0.2, 0) is 13.6 Å².